The molecule has 0 saturated carbocycles. The number of carbonyl (C=O) groups is 2. The monoisotopic (exact) mass is 357 g/mol. The Kier molecular flexibility index (Phi) is 4.73. The molecular formula is C18H23N5O3. The average molecular weight is 357 g/mol. The molecule has 2 aromatic heterocycles. The van der Waals surface area contributed by atoms with E-state index >= 15 is 0 Å². The van der Waals surface area contributed by atoms with Crippen LogP contribution in [0, 0.1) is 11.8 Å². The first kappa shape index (κ1) is 16.8. The summed E-state index contributed by atoms with van der Waals surface area (Å²) in [6.07, 6.45) is 6.79. The van der Waals surface area contributed by atoms with E-state index in [1.54, 1.807) is 16.9 Å². The number of imidazole rings is 1. The van der Waals surface area contributed by atoms with Crippen LogP contribution in [0.4, 0.5) is 0 Å². The van der Waals surface area contributed by atoms with Crippen LogP contribution in [-0.4, -0.2) is 57.6 Å². The molecule has 2 saturated heterocycles. The van der Waals surface area contributed by atoms with Crippen molar-refractivity contribution in [1.82, 2.24) is 24.8 Å². The highest BCUT2D eigenvalue weighted by atomic mass is 16.5. The molecule has 0 spiro atoms. The van der Waals surface area contributed by atoms with Gasteiger partial charge < -0.3 is 15.0 Å². The molecular weight excluding hydrogens is 334 g/mol. The molecule has 0 aliphatic carbocycles. The van der Waals surface area contributed by atoms with Gasteiger partial charge in [0.1, 0.15) is 5.92 Å². The molecule has 138 valence electrons. The molecule has 2 aromatic rings. The van der Waals surface area contributed by atoms with Crippen molar-refractivity contribution in [3.63, 3.8) is 0 Å². The van der Waals surface area contributed by atoms with E-state index in [4.69, 9.17) is 4.74 Å². The van der Waals surface area contributed by atoms with E-state index in [1.165, 1.54) is 0 Å². The lowest BCUT2D eigenvalue weighted by molar-refractivity contribution is -0.144. The molecule has 0 radical (unpaired) electrons. The molecule has 8 nitrogen and oxygen atoms in total. The summed E-state index contributed by atoms with van der Waals surface area (Å²) in [7, 11) is 0. The fourth-order valence-electron chi connectivity index (χ4n) is 3.63. The minimum Gasteiger partial charge on any atom is -0.476 e. The molecule has 26 heavy (non-hydrogen) atoms. The first-order chi connectivity index (χ1) is 12.7. The number of hydrogen-bond donors (Lipinski definition) is 1. The van der Waals surface area contributed by atoms with Gasteiger partial charge in [-0.3, -0.25) is 9.59 Å². The lowest BCUT2D eigenvalue weighted by Gasteiger charge is -2.34. The lowest BCUT2D eigenvalue weighted by atomic mass is 9.93. The van der Waals surface area contributed by atoms with Gasteiger partial charge in [0.05, 0.1) is 6.61 Å². The molecule has 0 aromatic carbocycles. The van der Waals surface area contributed by atoms with Gasteiger partial charge in [-0.05, 0) is 37.7 Å². The lowest BCUT2D eigenvalue weighted by Crippen LogP contribution is -2.49. The fourth-order valence-corrected chi connectivity index (χ4v) is 3.63. The van der Waals surface area contributed by atoms with E-state index in [2.05, 4.69) is 15.4 Å². The number of fused-ring (bicyclic) bond motifs is 1. The SMILES string of the molecule is O=C1NCCCC1C(=O)N1CCC(COc2ccc3nccn3n2)CC1. The fraction of sp³-hybridized carbons (Fsp3) is 0.556. The first-order valence-electron chi connectivity index (χ1n) is 9.20. The highest BCUT2D eigenvalue weighted by Crippen LogP contribution is 2.22. The van der Waals surface area contributed by atoms with E-state index in [1.807, 2.05) is 17.0 Å². The van der Waals surface area contributed by atoms with Crippen molar-refractivity contribution < 1.29 is 14.3 Å². The van der Waals surface area contributed by atoms with Crippen molar-refractivity contribution in [2.24, 2.45) is 11.8 Å². The maximum atomic E-state index is 12.6. The molecule has 1 unspecified atom stereocenters. The number of hydrogen-bond acceptors (Lipinski definition) is 5. The number of aromatic nitrogens is 3. The van der Waals surface area contributed by atoms with Crippen molar-refractivity contribution in [3.8, 4) is 5.88 Å². The first-order valence-corrected chi connectivity index (χ1v) is 9.20. The van der Waals surface area contributed by atoms with Crippen molar-refractivity contribution in [2.45, 2.75) is 25.7 Å². The van der Waals surface area contributed by atoms with Crippen LogP contribution in [0.1, 0.15) is 25.7 Å². The Morgan fingerprint density at radius 1 is 1.27 bits per heavy atom. The highest BCUT2D eigenvalue weighted by Gasteiger charge is 2.34. The number of likely N-dealkylation sites (tertiary alicyclic amines) is 1. The summed E-state index contributed by atoms with van der Waals surface area (Å²) in [5.74, 6) is 0.330. The van der Waals surface area contributed by atoms with Crippen LogP contribution in [0.25, 0.3) is 5.65 Å². The number of amides is 2. The van der Waals surface area contributed by atoms with Gasteiger partial charge in [-0.1, -0.05) is 0 Å². The number of nitrogens with one attached hydrogen (secondary N) is 1. The molecule has 1 atom stereocenters. The molecule has 8 heteroatoms. The van der Waals surface area contributed by atoms with Gasteiger partial charge in [-0.25, -0.2) is 9.50 Å². The van der Waals surface area contributed by atoms with Gasteiger partial charge in [-0.2, -0.15) is 0 Å². The van der Waals surface area contributed by atoms with Gasteiger partial charge in [-0.15, -0.1) is 5.10 Å². The highest BCUT2D eigenvalue weighted by molar-refractivity contribution is 6.00. The molecule has 2 amide bonds. The number of ether oxygens (including phenoxy) is 1. The normalized spacial score (nSPS) is 21.6. The van der Waals surface area contributed by atoms with E-state index in [-0.39, 0.29) is 11.8 Å². The summed E-state index contributed by atoms with van der Waals surface area (Å²) >= 11 is 0. The molecule has 4 heterocycles. The van der Waals surface area contributed by atoms with Gasteiger partial charge in [0.15, 0.2) is 5.65 Å². The predicted molar refractivity (Wildman–Crippen MR) is 93.5 cm³/mol. The van der Waals surface area contributed by atoms with Crippen LogP contribution in [0.3, 0.4) is 0 Å². The molecule has 1 N–H and O–H groups in total. The largest absolute Gasteiger partial charge is 0.476 e. The summed E-state index contributed by atoms with van der Waals surface area (Å²) in [5.41, 5.74) is 0.788. The second-order valence-electron chi connectivity index (χ2n) is 6.97. The Balaban J connectivity index is 1.26. The van der Waals surface area contributed by atoms with Crippen molar-refractivity contribution in [3.05, 3.63) is 24.5 Å². The van der Waals surface area contributed by atoms with Crippen LogP contribution < -0.4 is 10.1 Å². The second kappa shape index (κ2) is 7.31. The molecule has 4 rings (SSSR count). The Hall–Kier alpha value is -2.64. The van der Waals surface area contributed by atoms with Crippen LogP contribution in [0.2, 0.25) is 0 Å². The third kappa shape index (κ3) is 3.49. The number of piperidine rings is 2. The van der Waals surface area contributed by atoms with Crippen molar-refractivity contribution in [2.75, 3.05) is 26.2 Å². The maximum absolute atomic E-state index is 12.6. The van der Waals surface area contributed by atoms with Crippen molar-refractivity contribution in [1.29, 1.82) is 0 Å². The maximum Gasteiger partial charge on any atom is 0.235 e. The van der Waals surface area contributed by atoms with Crippen LogP contribution in [0.5, 0.6) is 5.88 Å². The third-order valence-electron chi connectivity index (χ3n) is 5.21. The zero-order chi connectivity index (χ0) is 17.9. The third-order valence-corrected chi connectivity index (χ3v) is 5.21. The van der Waals surface area contributed by atoms with E-state index in [0.717, 1.165) is 24.9 Å². The van der Waals surface area contributed by atoms with E-state index < -0.39 is 5.92 Å². The quantitative estimate of drug-likeness (QED) is 0.821. The van der Waals surface area contributed by atoms with Gasteiger partial charge in [0.25, 0.3) is 0 Å². The summed E-state index contributed by atoms with van der Waals surface area (Å²) in [6.45, 7) is 2.63. The average Bonchev–Trinajstić information content (AvgIpc) is 3.14. The van der Waals surface area contributed by atoms with Crippen LogP contribution >= 0.6 is 0 Å². The summed E-state index contributed by atoms with van der Waals surface area (Å²) in [5, 5.41) is 7.15. The summed E-state index contributed by atoms with van der Waals surface area (Å²) < 4.78 is 7.51. The smallest absolute Gasteiger partial charge is 0.235 e. The Labute approximate surface area is 151 Å². The van der Waals surface area contributed by atoms with Crippen molar-refractivity contribution >= 4 is 17.5 Å². The van der Waals surface area contributed by atoms with E-state index in [0.29, 0.717) is 44.5 Å². The number of nitrogens with zero attached hydrogens (tertiary/aromatic N) is 4. The standard InChI is InChI=1S/C18H23N5O3/c24-17-14(2-1-7-20-17)18(25)22-9-5-13(6-10-22)12-26-16-4-3-15-19-8-11-23(15)21-16/h3-4,8,11,13-14H,1-2,5-7,9-10,12H2,(H,20,24). The second-order valence-corrected chi connectivity index (χ2v) is 6.97. The van der Waals surface area contributed by atoms with Gasteiger partial charge >= 0.3 is 0 Å². The molecule has 0 bridgehead atoms. The molecule has 2 fully saturated rings. The Bertz CT molecular complexity index is 797. The zero-order valence-electron chi connectivity index (χ0n) is 14.6. The number of carbonyl (C=O) groups excluding carboxylic acids is 2. The minimum atomic E-state index is -0.498. The Morgan fingerprint density at radius 2 is 2.12 bits per heavy atom. The van der Waals surface area contributed by atoms with Gasteiger partial charge in [0.2, 0.25) is 17.7 Å². The Morgan fingerprint density at radius 3 is 2.92 bits per heavy atom. The summed E-state index contributed by atoms with van der Waals surface area (Å²) in [6, 6.07) is 3.70. The topological polar surface area (TPSA) is 88.8 Å². The number of rotatable bonds is 4. The summed E-state index contributed by atoms with van der Waals surface area (Å²) in [4.78, 5) is 30.4. The minimum absolute atomic E-state index is 0.0196. The van der Waals surface area contributed by atoms with Crippen LogP contribution in [-0.2, 0) is 9.59 Å². The zero-order valence-corrected chi connectivity index (χ0v) is 14.6. The van der Waals surface area contributed by atoms with Crippen LogP contribution in [0.15, 0.2) is 24.5 Å². The van der Waals surface area contributed by atoms with Gasteiger partial charge in [0, 0.05) is 38.1 Å². The predicted octanol–water partition coefficient (Wildman–Crippen LogP) is 0.873. The molecule has 2 aliphatic heterocycles. The molecule has 2 aliphatic rings. The van der Waals surface area contributed by atoms with E-state index in [9.17, 15) is 9.59 Å².